The van der Waals surface area contributed by atoms with Crippen molar-refractivity contribution in [1.29, 1.82) is 0 Å². The van der Waals surface area contributed by atoms with Crippen LogP contribution < -0.4 is 5.56 Å². The van der Waals surface area contributed by atoms with Crippen molar-refractivity contribution in [3.05, 3.63) is 51.4 Å². The normalized spacial score (nSPS) is 11.0. The van der Waals surface area contributed by atoms with E-state index in [0.29, 0.717) is 11.2 Å². The van der Waals surface area contributed by atoms with Gasteiger partial charge in [0.1, 0.15) is 10.7 Å². The zero-order chi connectivity index (χ0) is 12.7. The average Bonchev–Trinajstić information content (AvgIpc) is 2.74. The number of nitrogens with zero attached hydrogens (tertiary/aromatic N) is 1. The first-order valence-corrected chi connectivity index (χ1v) is 6.58. The average molecular weight is 256 g/mol. The van der Waals surface area contributed by atoms with Crippen LogP contribution >= 0.6 is 11.3 Å². The molecule has 0 aliphatic carbocycles. The van der Waals surface area contributed by atoms with Crippen molar-refractivity contribution in [2.75, 3.05) is 0 Å². The summed E-state index contributed by atoms with van der Waals surface area (Å²) < 4.78 is 0. The Labute approximate surface area is 108 Å². The number of aromatic nitrogens is 2. The maximum Gasteiger partial charge on any atom is 0.260 e. The zero-order valence-corrected chi connectivity index (χ0v) is 11.0. The third-order valence-corrected chi connectivity index (χ3v) is 3.80. The number of hydrogen-bond donors (Lipinski definition) is 1. The number of aromatic amines is 1. The van der Waals surface area contributed by atoms with Gasteiger partial charge in [-0.05, 0) is 19.4 Å². The van der Waals surface area contributed by atoms with Gasteiger partial charge in [-0.2, -0.15) is 0 Å². The third kappa shape index (κ3) is 1.75. The van der Waals surface area contributed by atoms with Gasteiger partial charge in [0.05, 0.1) is 5.39 Å². The number of aryl methyl sites for hydroxylation is 2. The molecule has 2 heterocycles. The van der Waals surface area contributed by atoms with Crippen LogP contribution in [-0.4, -0.2) is 9.97 Å². The van der Waals surface area contributed by atoms with Gasteiger partial charge in [0.15, 0.2) is 0 Å². The molecule has 0 aliphatic rings. The van der Waals surface area contributed by atoms with Gasteiger partial charge in [0.25, 0.3) is 5.56 Å². The fourth-order valence-electron chi connectivity index (χ4n) is 2.00. The Morgan fingerprint density at radius 3 is 2.61 bits per heavy atom. The molecular weight excluding hydrogens is 244 g/mol. The highest BCUT2D eigenvalue weighted by Crippen LogP contribution is 2.30. The lowest BCUT2D eigenvalue weighted by atomic mass is 10.1. The molecule has 0 bridgehead atoms. The summed E-state index contributed by atoms with van der Waals surface area (Å²) in [6.45, 7) is 3.85. The molecule has 90 valence electrons. The predicted octanol–water partition coefficient (Wildman–Crippen LogP) is 3.27. The van der Waals surface area contributed by atoms with Crippen LogP contribution in [0.1, 0.15) is 11.4 Å². The highest BCUT2D eigenvalue weighted by Gasteiger charge is 2.11. The topological polar surface area (TPSA) is 45.8 Å². The summed E-state index contributed by atoms with van der Waals surface area (Å²) in [6.07, 6.45) is 0. The summed E-state index contributed by atoms with van der Waals surface area (Å²) in [5.41, 5.74) is 3.17. The lowest BCUT2D eigenvalue weighted by Crippen LogP contribution is -2.08. The summed E-state index contributed by atoms with van der Waals surface area (Å²) in [5, 5.41) is 2.69. The van der Waals surface area contributed by atoms with Crippen LogP contribution in [0.5, 0.6) is 0 Å². The molecule has 0 fully saturated rings. The van der Waals surface area contributed by atoms with Gasteiger partial charge in [-0.25, -0.2) is 4.98 Å². The van der Waals surface area contributed by atoms with Crippen LogP contribution in [0.15, 0.2) is 34.4 Å². The molecular formula is C14H12N2OS. The van der Waals surface area contributed by atoms with E-state index in [4.69, 9.17) is 0 Å². The number of hydrogen-bond acceptors (Lipinski definition) is 3. The monoisotopic (exact) mass is 256 g/mol. The molecule has 0 radical (unpaired) electrons. The number of rotatable bonds is 1. The molecule has 3 aromatic rings. The molecule has 0 unspecified atom stereocenters. The van der Waals surface area contributed by atoms with Gasteiger partial charge < -0.3 is 4.98 Å². The van der Waals surface area contributed by atoms with Crippen molar-refractivity contribution in [3.8, 4) is 11.1 Å². The molecule has 0 saturated carbocycles. The first-order chi connectivity index (χ1) is 8.65. The minimum Gasteiger partial charge on any atom is -0.310 e. The molecule has 0 atom stereocenters. The quantitative estimate of drug-likeness (QED) is 0.726. The number of benzene rings is 1. The Hall–Kier alpha value is -1.94. The summed E-state index contributed by atoms with van der Waals surface area (Å²) in [5.74, 6) is 0.657. The van der Waals surface area contributed by atoms with Crippen molar-refractivity contribution in [2.45, 2.75) is 13.8 Å². The fraction of sp³-hybridized carbons (Fsp3) is 0.143. The second kappa shape index (κ2) is 4.07. The molecule has 0 spiro atoms. The van der Waals surface area contributed by atoms with E-state index in [0.717, 1.165) is 16.0 Å². The Bertz CT molecular complexity index is 769. The Morgan fingerprint density at radius 1 is 1.17 bits per heavy atom. The van der Waals surface area contributed by atoms with E-state index in [1.807, 2.05) is 24.4 Å². The molecule has 2 aromatic heterocycles. The SMILES string of the molecule is Cc1ccc(-c2csc3nc(C)[nH]c(=O)c23)cc1. The summed E-state index contributed by atoms with van der Waals surface area (Å²) >= 11 is 1.51. The highest BCUT2D eigenvalue weighted by atomic mass is 32.1. The third-order valence-electron chi connectivity index (χ3n) is 2.92. The lowest BCUT2D eigenvalue weighted by Gasteiger charge is -2.00. The minimum atomic E-state index is -0.0608. The highest BCUT2D eigenvalue weighted by molar-refractivity contribution is 7.17. The number of H-pyrrole nitrogens is 1. The number of nitrogens with one attached hydrogen (secondary N) is 1. The molecule has 1 N–H and O–H groups in total. The molecule has 1 aromatic carbocycles. The minimum absolute atomic E-state index is 0.0608. The van der Waals surface area contributed by atoms with Gasteiger partial charge in [0.2, 0.25) is 0 Å². The number of thiophene rings is 1. The summed E-state index contributed by atoms with van der Waals surface area (Å²) in [7, 11) is 0. The predicted molar refractivity (Wildman–Crippen MR) is 75.2 cm³/mol. The van der Waals surface area contributed by atoms with Gasteiger partial charge in [0, 0.05) is 10.9 Å². The van der Waals surface area contributed by atoms with Gasteiger partial charge in [-0.3, -0.25) is 4.79 Å². The zero-order valence-electron chi connectivity index (χ0n) is 10.2. The van der Waals surface area contributed by atoms with E-state index in [-0.39, 0.29) is 5.56 Å². The first-order valence-electron chi connectivity index (χ1n) is 5.70. The molecule has 0 amide bonds. The van der Waals surface area contributed by atoms with Crippen molar-refractivity contribution in [3.63, 3.8) is 0 Å². The number of fused-ring (bicyclic) bond motifs is 1. The molecule has 0 aliphatic heterocycles. The first kappa shape index (κ1) is 11.2. The smallest absolute Gasteiger partial charge is 0.260 e. The van der Waals surface area contributed by atoms with Crippen molar-refractivity contribution in [2.24, 2.45) is 0 Å². The second-order valence-corrected chi connectivity index (χ2v) is 5.20. The van der Waals surface area contributed by atoms with Gasteiger partial charge in [-0.1, -0.05) is 29.8 Å². The Morgan fingerprint density at radius 2 is 1.89 bits per heavy atom. The standard InChI is InChI=1S/C14H12N2OS/c1-8-3-5-10(6-4-8)11-7-18-14-12(11)13(17)15-9(2)16-14/h3-7H,1-2H3,(H,15,16,17). The fourth-order valence-corrected chi connectivity index (χ4v) is 3.00. The van der Waals surface area contributed by atoms with E-state index in [2.05, 4.69) is 22.1 Å². The van der Waals surface area contributed by atoms with Gasteiger partial charge in [-0.15, -0.1) is 11.3 Å². The molecule has 4 heteroatoms. The molecule has 3 nitrogen and oxygen atoms in total. The maximum atomic E-state index is 12.0. The molecule has 18 heavy (non-hydrogen) atoms. The van der Waals surface area contributed by atoms with E-state index in [1.54, 1.807) is 6.92 Å². The Balaban J connectivity index is 2.30. The van der Waals surface area contributed by atoms with E-state index in [1.165, 1.54) is 16.9 Å². The van der Waals surface area contributed by atoms with Crippen LogP contribution in [0.4, 0.5) is 0 Å². The van der Waals surface area contributed by atoms with Crippen LogP contribution in [0.2, 0.25) is 0 Å². The van der Waals surface area contributed by atoms with E-state index in [9.17, 15) is 4.79 Å². The lowest BCUT2D eigenvalue weighted by molar-refractivity contribution is 1.07. The van der Waals surface area contributed by atoms with E-state index < -0.39 is 0 Å². The largest absolute Gasteiger partial charge is 0.310 e. The van der Waals surface area contributed by atoms with Crippen LogP contribution in [0.25, 0.3) is 21.3 Å². The van der Waals surface area contributed by atoms with Crippen LogP contribution in [-0.2, 0) is 0 Å². The summed E-state index contributed by atoms with van der Waals surface area (Å²) in [6, 6.07) is 8.18. The van der Waals surface area contributed by atoms with Crippen molar-refractivity contribution >= 4 is 21.6 Å². The van der Waals surface area contributed by atoms with E-state index >= 15 is 0 Å². The van der Waals surface area contributed by atoms with Gasteiger partial charge >= 0.3 is 0 Å². The second-order valence-electron chi connectivity index (χ2n) is 4.35. The van der Waals surface area contributed by atoms with Crippen molar-refractivity contribution < 1.29 is 0 Å². The summed E-state index contributed by atoms with van der Waals surface area (Å²) in [4.78, 5) is 20.0. The van der Waals surface area contributed by atoms with Crippen molar-refractivity contribution in [1.82, 2.24) is 9.97 Å². The van der Waals surface area contributed by atoms with Crippen LogP contribution in [0, 0.1) is 13.8 Å². The molecule has 3 rings (SSSR count). The Kier molecular flexibility index (Phi) is 2.52. The molecule has 0 saturated heterocycles. The maximum absolute atomic E-state index is 12.0. The van der Waals surface area contributed by atoms with Crippen LogP contribution in [0.3, 0.4) is 0 Å².